The fourth-order valence-electron chi connectivity index (χ4n) is 2.34. The van der Waals surface area contributed by atoms with Crippen molar-refractivity contribution in [3.8, 4) is 10.8 Å². The van der Waals surface area contributed by atoms with E-state index in [0.717, 1.165) is 4.88 Å². The average molecular weight is 377 g/mol. The number of urea groups is 1. The van der Waals surface area contributed by atoms with Crippen LogP contribution in [0.15, 0.2) is 45.7 Å². The zero-order chi connectivity index (χ0) is 17.6. The summed E-state index contributed by atoms with van der Waals surface area (Å²) in [5, 5.41) is 9.74. The summed E-state index contributed by atoms with van der Waals surface area (Å²) >= 11 is 3.25. The van der Waals surface area contributed by atoms with Gasteiger partial charge in [0.1, 0.15) is 6.26 Å². The molecule has 132 valence electrons. The Morgan fingerprint density at radius 3 is 2.72 bits per heavy atom. The standard InChI is InChI=1S/C17H20N4O2S2/c1-21(2)13(14-5-3-7-24-14)10-19-17(22)18-9-12-11-23-16(20-12)15-6-4-8-25-15/h3-8,11,13H,9-10H2,1-2H3,(H2,18,19,22). The summed E-state index contributed by atoms with van der Waals surface area (Å²) in [5.41, 5.74) is 0.695. The molecule has 2 N–H and O–H groups in total. The van der Waals surface area contributed by atoms with E-state index in [2.05, 4.69) is 26.6 Å². The van der Waals surface area contributed by atoms with Gasteiger partial charge in [-0.2, -0.15) is 0 Å². The van der Waals surface area contributed by atoms with Crippen LogP contribution in [0.4, 0.5) is 4.79 Å². The summed E-state index contributed by atoms with van der Waals surface area (Å²) in [5.74, 6) is 0.581. The molecule has 0 aliphatic carbocycles. The van der Waals surface area contributed by atoms with E-state index in [1.807, 2.05) is 43.1 Å². The van der Waals surface area contributed by atoms with Crippen LogP contribution in [0.3, 0.4) is 0 Å². The largest absolute Gasteiger partial charge is 0.443 e. The molecule has 3 aromatic heterocycles. The lowest BCUT2D eigenvalue weighted by molar-refractivity contribution is 0.233. The minimum absolute atomic E-state index is 0.156. The topological polar surface area (TPSA) is 70.4 Å². The molecular formula is C17H20N4O2S2. The normalized spacial score (nSPS) is 12.3. The Balaban J connectivity index is 1.48. The fourth-order valence-corrected chi connectivity index (χ4v) is 3.92. The monoisotopic (exact) mass is 376 g/mol. The number of oxazole rings is 1. The lowest BCUT2D eigenvalue weighted by Crippen LogP contribution is -2.40. The number of nitrogens with one attached hydrogen (secondary N) is 2. The van der Waals surface area contributed by atoms with Crippen molar-refractivity contribution >= 4 is 28.7 Å². The number of amides is 2. The third kappa shape index (κ3) is 4.68. The van der Waals surface area contributed by atoms with Crippen molar-refractivity contribution in [2.45, 2.75) is 12.6 Å². The molecule has 0 aromatic carbocycles. The van der Waals surface area contributed by atoms with Crippen molar-refractivity contribution < 1.29 is 9.21 Å². The van der Waals surface area contributed by atoms with E-state index in [-0.39, 0.29) is 12.1 Å². The Bertz CT molecular complexity index is 782. The van der Waals surface area contributed by atoms with Crippen LogP contribution in [0.2, 0.25) is 0 Å². The van der Waals surface area contributed by atoms with Crippen molar-refractivity contribution in [3.05, 3.63) is 51.9 Å². The third-order valence-corrected chi connectivity index (χ3v) is 5.50. The zero-order valence-corrected chi connectivity index (χ0v) is 15.7. The highest BCUT2D eigenvalue weighted by Gasteiger charge is 2.16. The molecule has 1 unspecified atom stereocenters. The maximum Gasteiger partial charge on any atom is 0.315 e. The van der Waals surface area contributed by atoms with Crippen molar-refractivity contribution in [2.24, 2.45) is 0 Å². The molecule has 3 rings (SSSR count). The number of likely N-dealkylation sites (N-methyl/N-ethyl adjacent to an activating group) is 1. The van der Waals surface area contributed by atoms with E-state index in [9.17, 15) is 4.79 Å². The molecule has 0 saturated heterocycles. The molecule has 0 radical (unpaired) electrons. The number of nitrogens with zero attached hydrogens (tertiary/aromatic N) is 2. The molecule has 8 heteroatoms. The summed E-state index contributed by atoms with van der Waals surface area (Å²) in [6, 6.07) is 7.94. The molecule has 0 aliphatic rings. The summed E-state index contributed by atoms with van der Waals surface area (Å²) in [7, 11) is 4.01. The zero-order valence-electron chi connectivity index (χ0n) is 14.1. The molecule has 6 nitrogen and oxygen atoms in total. The maximum atomic E-state index is 12.1. The van der Waals surface area contributed by atoms with Gasteiger partial charge >= 0.3 is 6.03 Å². The number of thiophene rings is 2. The van der Waals surface area contributed by atoms with Crippen LogP contribution >= 0.6 is 22.7 Å². The van der Waals surface area contributed by atoms with E-state index < -0.39 is 0 Å². The molecule has 0 fully saturated rings. The molecule has 0 spiro atoms. The van der Waals surface area contributed by atoms with Gasteiger partial charge in [0.25, 0.3) is 0 Å². The van der Waals surface area contributed by atoms with Gasteiger partial charge < -0.3 is 20.0 Å². The second kappa shape index (κ2) is 8.28. The second-order valence-electron chi connectivity index (χ2n) is 5.68. The summed E-state index contributed by atoms with van der Waals surface area (Å²) < 4.78 is 5.44. The minimum Gasteiger partial charge on any atom is -0.443 e. The average Bonchev–Trinajstić information content (AvgIpc) is 3.33. The smallest absolute Gasteiger partial charge is 0.315 e. The van der Waals surface area contributed by atoms with Gasteiger partial charge in [-0.1, -0.05) is 12.1 Å². The SMILES string of the molecule is CN(C)C(CNC(=O)NCc1coc(-c2cccs2)n1)c1cccs1. The van der Waals surface area contributed by atoms with Crippen molar-refractivity contribution in [2.75, 3.05) is 20.6 Å². The van der Waals surface area contributed by atoms with Crippen LogP contribution in [0.1, 0.15) is 16.6 Å². The molecule has 3 aromatic rings. The van der Waals surface area contributed by atoms with Crippen LogP contribution in [0, 0.1) is 0 Å². The first kappa shape index (κ1) is 17.7. The van der Waals surface area contributed by atoms with Crippen molar-refractivity contribution in [1.82, 2.24) is 20.5 Å². The van der Waals surface area contributed by atoms with E-state index in [1.165, 1.54) is 4.88 Å². The molecule has 0 saturated carbocycles. The highest BCUT2D eigenvalue weighted by atomic mass is 32.1. The fraction of sp³-hybridized carbons (Fsp3) is 0.294. The van der Waals surface area contributed by atoms with Gasteiger partial charge in [-0.25, -0.2) is 9.78 Å². The van der Waals surface area contributed by atoms with E-state index in [4.69, 9.17) is 4.42 Å². The number of hydrogen-bond acceptors (Lipinski definition) is 6. The van der Waals surface area contributed by atoms with Crippen LogP contribution < -0.4 is 10.6 Å². The summed E-state index contributed by atoms with van der Waals surface area (Å²) in [6.07, 6.45) is 1.57. The van der Waals surface area contributed by atoms with E-state index in [0.29, 0.717) is 24.7 Å². The Morgan fingerprint density at radius 2 is 2.04 bits per heavy atom. The highest BCUT2D eigenvalue weighted by Crippen LogP contribution is 2.24. The molecule has 3 heterocycles. The maximum absolute atomic E-state index is 12.1. The number of carbonyl (C=O) groups excluding carboxylic acids is 1. The predicted molar refractivity (Wildman–Crippen MR) is 101 cm³/mol. The molecule has 1 atom stereocenters. The number of hydrogen-bond donors (Lipinski definition) is 2. The molecule has 25 heavy (non-hydrogen) atoms. The lowest BCUT2D eigenvalue weighted by atomic mass is 10.2. The quantitative estimate of drug-likeness (QED) is 0.661. The molecular weight excluding hydrogens is 356 g/mol. The van der Waals surface area contributed by atoms with E-state index >= 15 is 0 Å². The molecule has 0 bridgehead atoms. The summed E-state index contributed by atoms with van der Waals surface area (Å²) in [4.78, 5) is 20.7. The van der Waals surface area contributed by atoms with Gasteiger partial charge in [-0.3, -0.25) is 0 Å². The van der Waals surface area contributed by atoms with Crippen molar-refractivity contribution in [3.63, 3.8) is 0 Å². The number of aromatic nitrogens is 1. The van der Waals surface area contributed by atoms with Crippen LogP contribution in [-0.4, -0.2) is 36.6 Å². The Labute approximate surface area is 154 Å². The first-order valence-electron chi connectivity index (χ1n) is 7.83. The second-order valence-corrected chi connectivity index (χ2v) is 7.61. The first-order chi connectivity index (χ1) is 12.1. The van der Waals surface area contributed by atoms with Crippen LogP contribution in [-0.2, 0) is 6.54 Å². The predicted octanol–water partition coefficient (Wildman–Crippen LogP) is 3.57. The van der Waals surface area contributed by atoms with Gasteiger partial charge in [0, 0.05) is 11.4 Å². The molecule has 0 aliphatic heterocycles. The minimum atomic E-state index is -0.218. The summed E-state index contributed by atoms with van der Waals surface area (Å²) in [6.45, 7) is 0.866. The Hall–Kier alpha value is -2.16. The van der Waals surface area contributed by atoms with Crippen molar-refractivity contribution in [1.29, 1.82) is 0 Å². The van der Waals surface area contributed by atoms with Crippen LogP contribution in [0.25, 0.3) is 10.8 Å². The van der Waals surface area contributed by atoms with Gasteiger partial charge in [0.15, 0.2) is 0 Å². The number of rotatable bonds is 7. The van der Waals surface area contributed by atoms with Gasteiger partial charge in [-0.15, -0.1) is 22.7 Å². The van der Waals surface area contributed by atoms with Gasteiger partial charge in [0.05, 0.1) is 23.2 Å². The molecule has 2 amide bonds. The number of carbonyl (C=O) groups is 1. The Morgan fingerprint density at radius 1 is 1.24 bits per heavy atom. The van der Waals surface area contributed by atoms with Gasteiger partial charge in [-0.05, 0) is 37.0 Å². The highest BCUT2D eigenvalue weighted by molar-refractivity contribution is 7.13. The third-order valence-electron chi connectivity index (χ3n) is 3.66. The first-order valence-corrected chi connectivity index (χ1v) is 9.59. The lowest BCUT2D eigenvalue weighted by Gasteiger charge is -2.23. The van der Waals surface area contributed by atoms with E-state index in [1.54, 1.807) is 28.9 Å². The van der Waals surface area contributed by atoms with Gasteiger partial charge in [0.2, 0.25) is 5.89 Å². The Kier molecular flexibility index (Phi) is 5.85. The van der Waals surface area contributed by atoms with Crippen LogP contribution in [0.5, 0.6) is 0 Å².